The molecule has 2 aliphatic carbocycles. The van der Waals surface area contributed by atoms with E-state index in [2.05, 4.69) is 30.6 Å². The van der Waals surface area contributed by atoms with Crippen LogP contribution in [-0.2, 0) is 0 Å². The minimum atomic E-state index is -2.86. The predicted molar refractivity (Wildman–Crippen MR) is 250 cm³/mol. The van der Waals surface area contributed by atoms with Gasteiger partial charge in [-0.3, -0.25) is 9.97 Å². The fraction of sp³-hybridized carbons (Fsp3) is 0.385. The Kier molecular flexibility index (Phi) is 15.3. The van der Waals surface area contributed by atoms with E-state index in [4.69, 9.17) is 9.47 Å². The van der Waals surface area contributed by atoms with Crippen molar-refractivity contribution in [1.82, 2.24) is 30.6 Å². The molecule has 0 bridgehead atoms. The van der Waals surface area contributed by atoms with Crippen LogP contribution in [-0.4, -0.2) is 91.0 Å². The summed E-state index contributed by atoms with van der Waals surface area (Å²) in [4.78, 5) is 17.2. The first-order chi connectivity index (χ1) is 33.2. The molecule has 2 unspecified atom stereocenters. The van der Waals surface area contributed by atoms with E-state index < -0.39 is 69.6 Å². The highest BCUT2D eigenvalue weighted by atomic mass is 19.1. The largest absolute Gasteiger partial charge is 0.481 e. The van der Waals surface area contributed by atoms with Crippen LogP contribution in [0.4, 0.5) is 22.0 Å². The van der Waals surface area contributed by atoms with Crippen molar-refractivity contribution in [1.29, 1.82) is 0 Å². The van der Waals surface area contributed by atoms with Gasteiger partial charge in [0.25, 0.3) is 0 Å². The van der Waals surface area contributed by atoms with Crippen LogP contribution in [0.5, 0.6) is 11.8 Å². The summed E-state index contributed by atoms with van der Waals surface area (Å²) in [6.45, 7) is 0.688. The van der Waals surface area contributed by atoms with Crippen molar-refractivity contribution in [3.8, 4) is 11.8 Å². The number of hydrogen-bond donors (Lipinski definition) is 6. The highest BCUT2D eigenvalue weighted by Crippen LogP contribution is 2.57. The second kappa shape index (κ2) is 21.4. The van der Waals surface area contributed by atoms with E-state index in [1.54, 1.807) is 24.3 Å². The van der Waals surface area contributed by atoms with Crippen molar-refractivity contribution in [2.24, 2.45) is 11.8 Å². The first-order valence-corrected chi connectivity index (χ1v) is 23.0. The summed E-state index contributed by atoms with van der Waals surface area (Å²) in [5.41, 5.74) is -6.01. The molecule has 2 saturated carbocycles. The molecule has 4 aromatic heterocycles. The average Bonchev–Trinajstić information content (AvgIpc) is 3.36. The Morgan fingerprint density at radius 2 is 1.09 bits per heavy atom. The highest BCUT2D eigenvalue weighted by Gasteiger charge is 2.66. The van der Waals surface area contributed by atoms with Gasteiger partial charge in [-0.15, -0.1) is 0 Å². The molecule has 0 radical (unpaired) electrons. The molecule has 2 aliphatic rings. The Labute approximate surface area is 396 Å². The lowest BCUT2D eigenvalue weighted by Gasteiger charge is -2.57. The van der Waals surface area contributed by atoms with E-state index in [0.717, 1.165) is 30.6 Å². The average molecular weight is 955 g/mol. The maximum absolute atomic E-state index is 16.6. The van der Waals surface area contributed by atoms with Crippen molar-refractivity contribution in [2.45, 2.75) is 86.9 Å². The summed E-state index contributed by atoms with van der Waals surface area (Å²) >= 11 is 0. The number of nitrogens with one attached hydrogen (secondary N) is 2. The lowest BCUT2D eigenvalue weighted by atomic mass is 9.55. The number of aliphatic hydroxyl groups excluding tert-OH is 2. The summed E-state index contributed by atoms with van der Waals surface area (Å²) in [6, 6.07) is 15.0. The van der Waals surface area contributed by atoms with Crippen LogP contribution in [0.1, 0.15) is 85.8 Å². The topological polar surface area (TPSA) is 175 Å². The fourth-order valence-corrected chi connectivity index (χ4v) is 10.4. The normalized spacial score (nSPS) is 21.6. The standard InChI is InChI=1S/C52H55F5N6O6/c1-68-43-22-20-41-47(62-43)45(39(56)28-60-41)49(64)51(66,32-10-15-36(16-11-32)58-24-4-7-30-6-3-9-34(53)26-30)52(67,50(65)46-40(57)29-61-42-21-23-44(69-2)63-48(42)46)33-12-17-37(18-13-33)59-25-5-8-31-27-35(54)14-19-38(31)55/h3-9,14,19-23,26-29,32-33,36-37,49-50,58-59,64-67H,10-13,15-18,24-25H2,1-2H3/b7-4+,8-5+/t32-,33-,36-,37-,49?,50-,51?,52-/m1/s1. The zero-order valence-corrected chi connectivity index (χ0v) is 38.1. The Balaban J connectivity index is 1.19. The van der Waals surface area contributed by atoms with E-state index in [1.165, 1.54) is 56.7 Å². The molecule has 17 heteroatoms. The number of fused-ring (bicyclic) bond motifs is 2. The van der Waals surface area contributed by atoms with E-state index in [0.29, 0.717) is 37.8 Å². The second-order valence-corrected chi connectivity index (χ2v) is 17.9. The lowest BCUT2D eigenvalue weighted by molar-refractivity contribution is -0.293. The van der Waals surface area contributed by atoms with Crippen LogP contribution in [0.25, 0.3) is 34.2 Å². The predicted octanol–water partition coefficient (Wildman–Crippen LogP) is 8.24. The summed E-state index contributed by atoms with van der Waals surface area (Å²) in [6.07, 6.45) is 5.93. The first kappa shape index (κ1) is 49.5. The third-order valence-corrected chi connectivity index (χ3v) is 14.0. The van der Waals surface area contributed by atoms with Crippen LogP contribution in [0.3, 0.4) is 0 Å². The van der Waals surface area contributed by atoms with Gasteiger partial charge in [0.1, 0.15) is 63.5 Å². The van der Waals surface area contributed by atoms with Gasteiger partial charge in [0.15, 0.2) is 0 Å². The third kappa shape index (κ3) is 10.2. The Hall–Kier alpha value is -5.95. The van der Waals surface area contributed by atoms with Gasteiger partial charge < -0.3 is 40.5 Å². The third-order valence-electron chi connectivity index (χ3n) is 14.0. The number of aromatic nitrogens is 4. The van der Waals surface area contributed by atoms with Crippen LogP contribution >= 0.6 is 0 Å². The molecule has 0 spiro atoms. The molecule has 2 fully saturated rings. The van der Waals surface area contributed by atoms with Crippen LogP contribution in [0, 0.1) is 40.9 Å². The number of aliphatic hydroxyl groups is 4. The molecule has 0 amide bonds. The van der Waals surface area contributed by atoms with Gasteiger partial charge in [-0.1, -0.05) is 36.4 Å². The molecule has 0 saturated heterocycles. The van der Waals surface area contributed by atoms with Gasteiger partial charge in [-0.2, -0.15) is 0 Å². The minimum absolute atomic E-state index is 0.0462. The smallest absolute Gasteiger partial charge is 0.213 e. The second-order valence-electron chi connectivity index (χ2n) is 17.9. The molecule has 2 aromatic carbocycles. The summed E-state index contributed by atoms with van der Waals surface area (Å²) in [5, 5.41) is 60.8. The molecule has 6 aromatic rings. The van der Waals surface area contributed by atoms with Crippen molar-refractivity contribution < 1.29 is 51.9 Å². The van der Waals surface area contributed by atoms with Crippen LogP contribution in [0.2, 0.25) is 0 Å². The molecule has 4 heterocycles. The van der Waals surface area contributed by atoms with Gasteiger partial charge >= 0.3 is 0 Å². The number of methoxy groups -OCH3 is 2. The summed E-state index contributed by atoms with van der Waals surface area (Å²) in [7, 11) is 2.71. The summed E-state index contributed by atoms with van der Waals surface area (Å²) in [5.74, 6) is -5.67. The molecule has 364 valence electrons. The number of halogens is 5. The number of rotatable bonds is 17. The van der Waals surface area contributed by atoms with Gasteiger partial charge in [-0.05, 0) is 111 Å². The Morgan fingerprint density at radius 1 is 0.609 bits per heavy atom. The van der Waals surface area contributed by atoms with Crippen LogP contribution in [0.15, 0.2) is 91.3 Å². The lowest BCUT2D eigenvalue weighted by Crippen LogP contribution is -2.69. The zero-order valence-electron chi connectivity index (χ0n) is 38.1. The minimum Gasteiger partial charge on any atom is -0.481 e. The van der Waals surface area contributed by atoms with Gasteiger partial charge in [0.05, 0.1) is 37.6 Å². The Morgan fingerprint density at radius 3 is 1.57 bits per heavy atom. The van der Waals surface area contributed by atoms with Crippen molar-refractivity contribution >= 4 is 34.2 Å². The van der Waals surface area contributed by atoms with E-state index in [-0.39, 0.29) is 89.5 Å². The van der Waals surface area contributed by atoms with Crippen molar-refractivity contribution in [3.05, 3.63) is 143 Å². The molecular formula is C52H55F5N6O6. The monoisotopic (exact) mass is 954 g/mol. The van der Waals surface area contributed by atoms with Gasteiger partial charge in [0.2, 0.25) is 11.8 Å². The summed E-state index contributed by atoms with van der Waals surface area (Å²) < 4.78 is 85.9. The molecule has 8 rings (SSSR count). The van der Waals surface area contributed by atoms with Crippen molar-refractivity contribution in [3.63, 3.8) is 0 Å². The quantitative estimate of drug-likeness (QED) is 0.0484. The fourth-order valence-electron chi connectivity index (χ4n) is 10.4. The number of pyridine rings is 4. The van der Waals surface area contributed by atoms with E-state index in [1.807, 2.05) is 6.08 Å². The molecule has 12 nitrogen and oxygen atoms in total. The van der Waals surface area contributed by atoms with Gasteiger partial charge in [-0.25, -0.2) is 31.9 Å². The molecule has 0 aliphatic heterocycles. The maximum Gasteiger partial charge on any atom is 0.213 e. The molecule has 4 atom stereocenters. The zero-order chi connectivity index (χ0) is 48.9. The Bertz CT molecular complexity index is 2820. The molecule has 6 N–H and O–H groups in total. The SMILES string of the molecule is COc1ccc2ncc(F)c(C(O)C(O)([C@H]3CC[C@H](NC/C=C/c4cccc(F)c4)CC3)[C@@](O)([C@H]3CC[C@H](NC/C=C/c4cc(F)ccc4F)CC3)[C@H](O)c3c(F)cnc4ccc(OC)nc34)c2n1. The number of benzene rings is 2. The van der Waals surface area contributed by atoms with Crippen molar-refractivity contribution in [2.75, 3.05) is 27.3 Å². The molecular weight excluding hydrogens is 900 g/mol. The van der Waals surface area contributed by atoms with E-state index >= 15 is 8.78 Å². The number of nitrogens with zero attached hydrogens (tertiary/aromatic N) is 4. The van der Waals surface area contributed by atoms with Gasteiger partial charge in [0, 0.05) is 54.0 Å². The molecule has 69 heavy (non-hydrogen) atoms. The number of ether oxygens (including phenoxy) is 2. The first-order valence-electron chi connectivity index (χ1n) is 23.0. The highest BCUT2D eigenvalue weighted by molar-refractivity contribution is 5.80. The number of hydrogen-bond acceptors (Lipinski definition) is 12. The van der Waals surface area contributed by atoms with Crippen LogP contribution < -0.4 is 20.1 Å². The maximum atomic E-state index is 16.6. The van der Waals surface area contributed by atoms with E-state index in [9.17, 15) is 33.6 Å².